The van der Waals surface area contributed by atoms with Gasteiger partial charge >= 0.3 is 18.1 Å². The van der Waals surface area contributed by atoms with Gasteiger partial charge in [0.2, 0.25) is 18.4 Å². The summed E-state index contributed by atoms with van der Waals surface area (Å²) in [6, 6.07) is 8.50. The van der Waals surface area contributed by atoms with E-state index in [4.69, 9.17) is 33.8 Å². The molecular weight excluding hydrogens is 843 g/mol. The first kappa shape index (κ1) is 42.2. The van der Waals surface area contributed by atoms with Crippen molar-refractivity contribution in [1.29, 1.82) is 0 Å². The number of phosphoric acid groups is 1. The molecule has 3 fully saturated rings. The Morgan fingerprint density at radius 3 is 2.57 bits per heavy atom. The molecule has 24 nitrogen and oxygen atoms in total. The Labute approximate surface area is 346 Å². The fraction of sp³-hybridized carbons (Fsp3) is 0.457. The number of phosphoric ester groups is 1. The quantitative estimate of drug-likeness (QED) is 0.0938. The van der Waals surface area contributed by atoms with Gasteiger partial charge in [-0.15, -0.1) is 0 Å². The first-order chi connectivity index (χ1) is 29.2. The average molecular weight is 883 g/mol. The van der Waals surface area contributed by atoms with Crippen LogP contribution in [0.1, 0.15) is 50.0 Å². The van der Waals surface area contributed by atoms with Gasteiger partial charge in [0.25, 0.3) is 11.5 Å². The second-order valence-electron chi connectivity index (χ2n) is 14.5. The van der Waals surface area contributed by atoms with Crippen molar-refractivity contribution >= 4 is 64.0 Å². The fourth-order valence-corrected chi connectivity index (χ4v) is 9.30. The number of imidazole rings is 2. The van der Waals surface area contributed by atoms with Crippen LogP contribution in [0.5, 0.6) is 0 Å². The third-order valence-electron chi connectivity index (χ3n) is 10.1. The summed E-state index contributed by atoms with van der Waals surface area (Å²) in [5.41, 5.74) is -0.0148. The van der Waals surface area contributed by atoms with E-state index in [0.29, 0.717) is 5.56 Å². The fourth-order valence-electron chi connectivity index (χ4n) is 6.91. The lowest BCUT2D eigenvalue weighted by Gasteiger charge is -2.25. The maximum Gasteiger partial charge on any atom is 0.475 e. The molecule has 61 heavy (non-hydrogen) atoms. The van der Waals surface area contributed by atoms with Crippen LogP contribution in [0.15, 0.2) is 54.1 Å². The molecule has 0 spiro atoms. The number of nitrogens with one attached hydrogen (secondary N) is 4. The molecule has 3 aliphatic heterocycles. The number of fused-ring (bicyclic) bond motifs is 5. The Morgan fingerprint density at radius 2 is 1.80 bits per heavy atom. The van der Waals surface area contributed by atoms with E-state index >= 15 is 0 Å². The number of carbonyl (C=O) groups is 2. The van der Waals surface area contributed by atoms with Crippen molar-refractivity contribution in [2.24, 2.45) is 11.8 Å². The summed E-state index contributed by atoms with van der Waals surface area (Å²) in [5, 5.41) is 5.27. The highest BCUT2D eigenvalue weighted by Gasteiger charge is 2.50. The van der Waals surface area contributed by atoms with E-state index in [0.717, 1.165) is 0 Å². The number of hydrogen-bond donors (Lipinski definition) is 4. The summed E-state index contributed by atoms with van der Waals surface area (Å²) in [5.74, 6) is -2.14. The Kier molecular flexibility index (Phi) is 11.8. The van der Waals surface area contributed by atoms with Crippen LogP contribution in [0.3, 0.4) is 0 Å². The number of benzene rings is 1. The summed E-state index contributed by atoms with van der Waals surface area (Å²) in [6.07, 6.45) is -3.07. The number of aromatic nitrogens is 8. The van der Waals surface area contributed by atoms with Crippen LogP contribution < -0.4 is 20.9 Å². The third-order valence-corrected chi connectivity index (χ3v) is 12.6. The van der Waals surface area contributed by atoms with Gasteiger partial charge in [0.1, 0.15) is 37.5 Å². The van der Waals surface area contributed by atoms with Crippen molar-refractivity contribution < 1.29 is 49.8 Å². The number of H-pyrrole nitrogens is 1. The molecule has 8 atom stereocenters. The molecular formula is C35H39N12O12PS. The second-order valence-corrected chi connectivity index (χ2v) is 17.5. The SMILES string of the molecule is [C-]#[N+]CCOP1(=O)OC[C@H]2OC(n3cnc4c(=O)[nH]c(NC(=O)C(C)C)nc43)[C@H](OS(=O)(=O)NCC3O[C@@H](n4cnc5c(NC(=O)c6ccccc6)ncnc54)C[C@@H]3O1)[C@@H]2C. The van der Waals surface area contributed by atoms with Crippen molar-refractivity contribution in [3.8, 4) is 0 Å². The summed E-state index contributed by atoms with van der Waals surface area (Å²) >= 11 is 0. The van der Waals surface area contributed by atoms with Crippen LogP contribution in [0, 0.1) is 18.4 Å². The van der Waals surface area contributed by atoms with Gasteiger partial charge in [0.05, 0.1) is 25.4 Å². The Hall–Kier alpha value is -5.55. The lowest BCUT2D eigenvalue weighted by atomic mass is 10.0. The molecule has 5 aromatic rings. The highest BCUT2D eigenvalue weighted by Crippen LogP contribution is 2.54. The average Bonchev–Trinajstić information content (AvgIpc) is 4.02. The molecule has 0 saturated carbocycles. The van der Waals surface area contributed by atoms with Gasteiger partial charge in [-0.1, -0.05) is 39.0 Å². The van der Waals surface area contributed by atoms with Gasteiger partial charge in [-0.25, -0.2) is 35.3 Å². The minimum atomic E-state index is -4.64. The van der Waals surface area contributed by atoms with Crippen molar-refractivity contribution in [2.45, 2.75) is 64.1 Å². The summed E-state index contributed by atoms with van der Waals surface area (Å²) < 4.78 is 83.0. The third kappa shape index (κ3) is 8.80. The van der Waals surface area contributed by atoms with Crippen LogP contribution in [0.2, 0.25) is 0 Å². The molecule has 2 bridgehead atoms. The molecule has 1 aromatic carbocycles. The van der Waals surface area contributed by atoms with E-state index < -0.39 is 97.4 Å². The van der Waals surface area contributed by atoms with Gasteiger partial charge in [-0.2, -0.15) is 18.1 Å². The van der Waals surface area contributed by atoms with Gasteiger partial charge in [0, 0.05) is 30.4 Å². The maximum absolute atomic E-state index is 14.4. The van der Waals surface area contributed by atoms with Crippen LogP contribution in [0.25, 0.3) is 27.2 Å². The zero-order valence-corrected chi connectivity index (χ0v) is 34.3. The van der Waals surface area contributed by atoms with E-state index in [-0.39, 0.29) is 53.7 Å². The Morgan fingerprint density at radius 1 is 1.03 bits per heavy atom. The summed E-state index contributed by atoms with van der Waals surface area (Å²) in [6.45, 7) is 10.7. The minimum Gasteiger partial charge on any atom is -0.351 e. The van der Waals surface area contributed by atoms with Crippen molar-refractivity contribution in [2.75, 3.05) is 36.9 Å². The second kappa shape index (κ2) is 17.1. The predicted molar refractivity (Wildman–Crippen MR) is 211 cm³/mol. The maximum atomic E-state index is 14.4. The first-order valence-corrected chi connectivity index (χ1v) is 21.8. The summed E-state index contributed by atoms with van der Waals surface area (Å²) in [7, 11) is -9.20. The first-order valence-electron chi connectivity index (χ1n) is 18.9. The van der Waals surface area contributed by atoms with Crippen LogP contribution in [-0.2, 0) is 46.9 Å². The van der Waals surface area contributed by atoms with Crippen molar-refractivity contribution in [1.82, 2.24) is 43.8 Å². The van der Waals surface area contributed by atoms with E-state index in [2.05, 4.69) is 50.1 Å². The number of amides is 2. The largest absolute Gasteiger partial charge is 0.475 e. The topological polar surface area (TPSA) is 288 Å². The van der Waals surface area contributed by atoms with E-state index in [9.17, 15) is 27.4 Å². The van der Waals surface area contributed by atoms with Crippen LogP contribution >= 0.6 is 7.82 Å². The number of anilines is 2. The molecule has 26 heteroatoms. The van der Waals surface area contributed by atoms with Gasteiger partial charge < -0.3 is 19.6 Å². The molecule has 0 aliphatic carbocycles. The molecule has 8 rings (SSSR count). The number of rotatable bonds is 9. The van der Waals surface area contributed by atoms with E-state index in [1.165, 1.54) is 28.1 Å². The normalized spacial score (nSPS) is 27.8. The molecule has 4 N–H and O–H groups in total. The summed E-state index contributed by atoms with van der Waals surface area (Å²) in [4.78, 5) is 65.5. The standard InChI is InChI=1S/C35H39N12O12PS/c1-18(2)31(48)44-35-43-30-26(33(50)45-35)40-17-47(30)34-27-19(3)23(57-34)14-55-60(51,54-11-10-36-4)58-21-12-24(56-22(21)13-41-61(52,53)59-27)46-16-39-25-28(37-15-38-29(25)46)42-32(49)20-8-6-5-7-9-20/h5-9,15-19,21-24,27,34,41H,10-14H2,1-3H3,(H,37,38,42,49)(H2,43,44,45,48,50)/t19-,21+,22?,23-,24-,27-,34?,60?/m1/s1. The Bertz CT molecular complexity index is 2720. The molecule has 3 unspecified atom stereocenters. The number of hydrogen-bond acceptors (Lipinski definition) is 17. The Balaban J connectivity index is 1.08. The van der Waals surface area contributed by atoms with Crippen molar-refractivity contribution in [3.63, 3.8) is 0 Å². The predicted octanol–water partition coefficient (Wildman–Crippen LogP) is 2.31. The van der Waals surface area contributed by atoms with E-state index in [1.807, 2.05) is 0 Å². The lowest BCUT2D eigenvalue weighted by molar-refractivity contribution is -0.118. The number of nitrogens with zero attached hydrogens (tertiary/aromatic N) is 8. The molecule has 2 amide bonds. The number of carbonyl (C=O) groups excluding carboxylic acids is 2. The molecule has 4 aromatic heterocycles. The van der Waals surface area contributed by atoms with Gasteiger partial charge in [-0.3, -0.25) is 47.4 Å². The molecule has 322 valence electrons. The minimum absolute atomic E-state index is 0.0472. The van der Waals surface area contributed by atoms with Crippen LogP contribution in [0.4, 0.5) is 11.8 Å². The zero-order valence-electron chi connectivity index (χ0n) is 32.6. The van der Waals surface area contributed by atoms with Crippen LogP contribution in [-0.4, -0.2) is 110 Å². The molecule has 3 saturated heterocycles. The highest BCUT2D eigenvalue weighted by atomic mass is 32.2. The lowest BCUT2D eigenvalue weighted by Crippen LogP contribution is -2.41. The van der Waals surface area contributed by atoms with Gasteiger partial charge in [-0.05, 0) is 12.1 Å². The van der Waals surface area contributed by atoms with Crippen molar-refractivity contribution in [3.05, 3.63) is 76.6 Å². The zero-order chi connectivity index (χ0) is 43.1. The van der Waals surface area contributed by atoms with E-state index in [1.54, 1.807) is 51.1 Å². The number of ether oxygens (including phenoxy) is 2. The highest BCUT2D eigenvalue weighted by molar-refractivity contribution is 7.84. The van der Waals surface area contributed by atoms with Gasteiger partial charge in [0.15, 0.2) is 34.4 Å². The molecule has 3 aliphatic rings. The molecule has 0 radical (unpaired) electrons. The smallest absolute Gasteiger partial charge is 0.351 e. The number of aromatic amines is 1. The monoisotopic (exact) mass is 882 g/mol. The molecule has 7 heterocycles.